The number of rotatable bonds is 2. The Hall–Kier alpha value is -0.810. The van der Waals surface area contributed by atoms with Crippen LogP contribution in [0.25, 0.3) is 10.9 Å². The van der Waals surface area contributed by atoms with Crippen molar-refractivity contribution in [1.82, 2.24) is 3.97 Å². The van der Waals surface area contributed by atoms with Crippen LogP contribution in [0.1, 0.15) is 5.56 Å². The number of fused-ring (bicyclic) bond motifs is 1. The molecule has 0 aliphatic heterocycles. The van der Waals surface area contributed by atoms with Gasteiger partial charge in [-0.25, -0.2) is 12.4 Å². The summed E-state index contributed by atoms with van der Waals surface area (Å²) >= 11 is 3.35. The summed E-state index contributed by atoms with van der Waals surface area (Å²) in [4.78, 5) is 0. The lowest BCUT2D eigenvalue weighted by Gasteiger charge is -2.00. The molecule has 0 unspecified atom stereocenters. The molecule has 0 radical (unpaired) electrons. The molecular weight excluding hydrogens is 278 g/mol. The van der Waals surface area contributed by atoms with Crippen molar-refractivity contribution in [3.63, 3.8) is 0 Å². The van der Waals surface area contributed by atoms with E-state index in [0.717, 1.165) is 16.5 Å². The highest BCUT2D eigenvalue weighted by molar-refractivity contribution is 9.08. The zero-order valence-corrected chi connectivity index (χ0v) is 10.5. The topological polar surface area (TPSA) is 39.1 Å². The molecule has 2 rings (SSSR count). The van der Waals surface area contributed by atoms with Gasteiger partial charge in [0.1, 0.15) is 0 Å². The molecule has 0 saturated carbocycles. The van der Waals surface area contributed by atoms with Crippen LogP contribution in [0.15, 0.2) is 30.5 Å². The van der Waals surface area contributed by atoms with Gasteiger partial charge in [0.25, 0.3) is 0 Å². The molecule has 5 heteroatoms. The maximum absolute atomic E-state index is 11.5. The number of para-hydroxylation sites is 1. The normalized spacial score (nSPS) is 12.1. The van der Waals surface area contributed by atoms with Crippen molar-refractivity contribution in [2.75, 3.05) is 6.26 Å². The van der Waals surface area contributed by atoms with Crippen LogP contribution in [-0.4, -0.2) is 18.6 Å². The molecule has 0 atom stereocenters. The first-order valence-electron chi connectivity index (χ1n) is 4.39. The molecule has 80 valence electrons. The maximum atomic E-state index is 11.5. The number of hydrogen-bond donors (Lipinski definition) is 0. The Labute approximate surface area is 96.9 Å². The van der Waals surface area contributed by atoms with Gasteiger partial charge in [0.2, 0.25) is 10.0 Å². The minimum absolute atomic E-state index is 0.649. The zero-order valence-electron chi connectivity index (χ0n) is 8.14. The number of nitrogens with zero attached hydrogens (tertiary/aromatic N) is 1. The first-order chi connectivity index (χ1) is 7.04. The van der Waals surface area contributed by atoms with Crippen LogP contribution in [0, 0.1) is 0 Å². The molecule has 1 aromatic carbocycles. The Morgan fingerprint density at radius 1 is 1.33 bits per heavy atom. The average molecular weight is 288 g/mol. The second kappa shape index (κ2) is 3.64. The van der Waals surface area contributed by atoms with Crippen LogP contribution < -0.4 is 0 Å². The zero-order chi connectivity index (χ0) is 11.1. The van der Waals surface area contributed by atoms with Crippen molar-refractivity contribution in [2.45, 2.75) is 5.33 Å². The van der Waals surface area contributed by atoms with E-state index >= 15 is 0 Å². The van der Waals surface area contributed by atoms with Crippen molar-refractivity contribution >= 4 is 36.9 Å². The van der Waals surface area contributed by atoms with E-state index in [1.54, 1.807) is 6.20 Å². The van der Waals surface area contributed by atoms with Crippen LogP contribution in [-0.2, 0) is 15.4 Å². The first kappa shape index (κ1) is 10.7. The van der Waals surface area contributed by atoms with E-state index in [9.17, 15) is 8.42 Å². The second-order valence-corrected chi connectivity index (χ2v) is 5.78. The van der Waals surface area contributed by atoms with Crippen LogP contribution in [0.5, 0.6) is 0 Å². The van der Waals surface area contributed by atoms with Gasteiger partial charge in [-0.05, 0) is 11.6 Å². The van der Waals surface area contributed by atoms with E-state index in [1.807, 2.05) is 24.3 Å². The highest BCUT2D eigenvalue weighted by Gasteiger charge is 2.12. The summed E-state index contributed by atoms with van der Waals surface area (Å²) in [6.07, 6.45) is 2.87. The van der Waals surface area contributed by atoms with E-state index in [2.05, 4.69) is 15.9 Å². The summed E-state index contributed by atoms with van der Waals surface area (Å²) in [6, 6.07) is 7.47. The van der Waals surface area contributed by atoms with E-state index in [4.69, 9.17) is 0 Å². The summed E-state index contributed by atoms with van der Waals surface area (Å²) in [5, 5.41) is 1.62. The minimum Gasteiger partial charge on any atom is -0.245 e. The third kappa shape index (κ3) is 1.81. The fourth-order valence-corrected chi connectivity index (χ4v) is 2.88. The van der Waals surface area contributed by atoms with E-state index in [-0.39, 0.29) is 0 Å². The molecule has 2 aromatic rings. The van der Waals surface area contributed by atoms with Crippen LogP contribution in [0.2, 0.25) is 0 Å². The average Bonchev–Trinajstić information content (AvgIpc) is 2.55. The molecule has 15 heavy (non-hydrogen) atoms. The van der Waals surface area contributed by atoms with Gasteiger partial charge in [0.05, 0.1) is 11.8 Å². The van der Waals surface area contributed by atoms with Gasteiger partial charge in [-0.15, -0.1) is 0 Å². The first-order valence-corrected chi connectivity index (χ1v) is 7.36. The van der Waals surface area contributed by atoms with Gasteiger partial charge in [-0.1, -0.05) is 34.1 Å². The lowest BCUT2D eigenvalue weighted by molar-refractivity contribution is 0.595. The second-order valence-electron chi connectivity index (χ2n) is 3.36. The standard InChI is InChI=1S/C10H10BrNO2S/c1-15(13,14)12-7-8(6-11)9-4-2-3-5-10(9)12/h2-5,7H,6H2,1H3. The van der Waals surface area contributed by atoms with Gasteiger partial charge >= 0.3 is 0 Å². The highest BCUT2D eigenvalue weighted by atomic mass is 79.9. The largest absolute Gasteiger partial charge is 0.245 e. The SMILES string of the molecule is CS(=O)(=O)n1cc(CBr)c2ccccc21. The fraction of sp³-hybridized carbons (Fsp3) is 0.200. The highest BCUT2D eigenvalue weighted by Crippen LogP contribution is 2.24. The predicted octanol–water partition coefficient (Wildman–Crippen LogP) is 2.34. The molecule has 0 bridgehead atoms. The lowest BCUT2D eigenvalue weighted by Crippen LogP contribution is -2.07. The molecule has 0 aliphatic rings. The van der Waals surface area contributed by atoms with Gasteiger partial charge < -0.3 is 0 Å². The maximum Gasteiger partial charge on any atom is 0.236 e. The van der Waals surface area contributed by atoms with Crippen LogP contribution in [0.3, 0.4) is 0 Å². The number of benzene rings is 1. The molecule has 0 N–H and O–H groups in total. The molecule has 0 saturated heterocycles. The van der Waals surface area contributed by atoms with E-state index in [0.29, 0.717) is 5.33 Å². The van der Waals surface area contributed by atoms with Crippen molar-refractivity contribution < 1.29 is 8.42 Å². The Bertz CT molecular complexity index is 601. The molecule has 3 nitrogen and oxygen atoms in total. The van der Waals surface area contributed by atoms with Crippen molar-refractivity contribution in [1.29, 1.82) is 0 Å². The molecule has 0 amide bonds. The summed E-state index contributed by atoms with van der Waals surface area (Å²) in [7, 11) is -3.22. The lowest BCUT2D eigenvalue weighted by atomic mass is 10.2. The Balaban J connectivity index is 2.88. The number of aromatic nitrogens is 1. The quantitative estimate of drug-likeness (QED) is 0.796. The summed E-state index contributed by atoms with van der Waals surface area (Å²) in [5.74, 6) is 0. The Morgan fingerprint density at radius 3 is 2.60 bits per heavy atom. The van der Waals surface area contributed by atoms with Crippen molar-refractivity contribution in [3.05, 3.63) is 36.0 Å². The minimum atomic E-state index is -3.22. The number of hydrogen-bond acceptors (Lipinski definition) is 2. The van der Waals surface area contributed by atoms with Gasteiger partial charge in [-0.2, -0.15) is 0 Å². The summed E-state index contributed by atoms with van der Waals surface area (Å²) in [6.45, 7) is 0. The molecule has 0 spiro atoms. The van der Waals surface area contributed by atoms with Crippen LogP contribution in [0.4, 0.5) is 0 Å². The molecule has 0 aliphatic carbocycles. The van der Waals surface area contributed by atoms with Crippen molar-refractivity contribution in [2.24, 2.45) is 0 Å². The third-order valence-electron chi connectivity index (χ3n) is 2.26. The fourth-order valence-electron chi connectivity index (χ4n) is 1.60. The molecule has 1 aromatic heterocycles. The molecule has 1 heterocycles. The van der Waals surface area contributed by atoms with Gasteiger partial charge in [0.15, 0.2) is 0 Å². The van der Waals surface area contributed by atoms with E-state index < -0.39 is 10.0 Å². The Kier molecular flexibility index (Phi) is 2.60. The monoisotopic (exact) mass is 287 g/mol. The molecule has 0 fully saturated rings. The summed E-state index contributed by atoms with van der Waals surface area (Å²) < 4.78 is 24.4. The summed E-state index contributed by atoms with van der Waals surface area (Å²) in [5.41, 5.74) is 1.71. The number of alkyl halides is 1. The van der Waals surface area contributed by atoms with E-state index in [1.165, 1.54) is 10.2 Å². The van der Waals surface area contributed by atoms with Gasteiger partial charge in [-0.3, -0.25) is 0 Å². The van der Waals surface area contributed by atoms with Crippen molar-refractivity contribution in [3.8, 4) is 0 Å². The Morgan fingerprint density at radius 2 is 2.00 bits per heavy atom. The molecular formula is C10H10BrNO2S. The van der Waals surface area contributed by atoms with Gasteiger partial charge in [0, 0.05) is 16.9 Å². The smallest absolute Gasteiger partial charge is 0.236 e. The third-order valence-corrected chi connectivity index (χ3v) is 3.88. The predicted molar refractivity (Wildman–Crippen MR) is 64.8 cm³/mol. The number of halogens is 1. The van der Waals surface area contributed by atoms with Crippen LogP contribution >= 0.6 is 15.9 Å².